The minimum atomic E-state index is -0.162. The van der Waals surface area contributed by atoms with Crippen LogP contribution in [0.5, 0.6) is 0 Å². The van der Waals surface area contributed by atoms with Crippen LogP contribution in [0.15, 0.2) is 54.6 Å². The Labute approximate surface area is 172 Å². The van der Waals surface area contributed by atoms with Crippen molar-refractivity contribution in [2.75, 3.05) is 0 Å². The van der Waals surface area contributed by atoms with Crippen LogP contribution in [0, 0.1) is 6.92 Å². The zero-order valence-electron chi connectivity index (χ0n) is 17.0. The molecule has 4 rings (SSSR count). The molecule has 2 aromatic carbocycles. The highest BCUT2D eigenvalue weighted by Gasteiger charge is 2.22. The SMILES string of the molecule is Cc1ccccc1-n1nc(C(=O)NC2CCCCC2)nc1CCc1ccccc1. The summed E-state index contributed by atoms with van der Waals surface area (Å²) in [6, 6.07) is 18.7. The minimum absolute atomic E-state index is 0.162. The van der Waals surface area contributed by atoms with Gasteiger partial charge in [0.1, 0.15) is 5.82 Å². The van der Waals surface area contributed by atoms with Crippen molar-refractivity contribution in [3.63, 3.8) is 0 Å². The van der Waals surface area contributed by atoms with Crippen LogP contribution in [0.3, 0.4) is 0 Å². The molecule has 0 bridgehead atoms. The summed E-state index contributed by atoms with van der Waals surface area (Å²) >= 11 is 0. The van der Waals surface area contributed by atoms with Crippen molar-refractivity contribution < 1.29 is 4.79 Å². The molecule has 1 aromatic heterocycles. The van der Waals surface area contributed by atoms with E-state index in [9.17, 15) is 4.79 Å². The van der Waals surface area contributed by atoms with Gasteiger partial charge in [0.25, 0.3) is 5.91 Å². The summed E-state index contributed by atoms with van der Waals surface area (Å²) in [6.45, 7) is 2.06. The molecule has 150 valence electrons. The Kier molecular flexibility index (Phi) is 6.03. The number of carbonyl (C=O) groups excluding carboxylic acids is 1. The van der Waals surface area contributed by atoms with Gasteiger partial charge in [-0.15, -0.1) is 5.10 Å². The Morgan fingerprint density at radius 1 is 1.00 bits per heavy atom. The molecule has 1 amide bonds. The second-order valence-corrected chi connectivity index (χ2v) is 7.84. The lowest BCUT2D eigenvalue weighted by molar-refractivity contribution is 0.0917. The number of aryl methyl sites for hydroxylation is 3. The predicted octanol–water partition coefficient (Wildman–Crippen LogP) is 4.42. The smallest absolute Gasteiger partial charge is 0.291 e. The fourth-order valence-corrected chi connectivity index (χ4v) is 3.99. The first-order valence-electron chi connectivity index (χ1n) is 10.6. The highest BCUT2D eigenvalue weighted by atomic mass is 16.2. The van der Waals surface area contributed by atoms with E-state index in [1.54, 1.807) is 0 Å². The van der Waals surface area contributed by atoms with E-state index < -0.39 is 0 Å². The van der Waals surface area contributed by atoms with E-state index in [0.717, 1.165) is 42.8 Å². The first-order valence-corrected chi connectivity index (χ1v) is 10.6. The standard InChI is InChI=1S/C24H28N4O/c1-18-10-8-9-15-21(18)28-22(17-16-19-11-4-2-5-12-19)26-23(27-28)24(29)25-20-13-6-3-7-14-20/h2,4-5,8-12,15,20H,3,6-7,13-14,16-17H2,1H3,(H,25,29). The van der Waals surface area contributed by atoms with Crippen molar-refractivity contribution in [2.24, 2.45) is 0 Å². The second kappa shape index (κ2) is 9.03. The molecule has 5 nitrogen and oxygen atoms in total. The molecule has 1 heterocycles. The summed E-state index contributed by atoms with van der Waals surface area (Å²) in [6.07, 6.45) is 7.29. The first-order chi connectivity index (χ1) is 14.2. The molecule has 29 heavy (non-hydrogen) atoms. The molecule has 5 heteroatoms. The number of hydrogen-bond acceptors (Lipinski definition) is 3. The van der Waals surface area contributed by atoms with E-state index in [2.05, 4.69) is 40.5 Å². The lowest BCUT2D eigenvalue weighted by atomic mass is 9.95. The van der Waals surface area contributed by atoms with Crippen LogP contribution in [-0.2, 0) is 12.8 Å². The quantitative estimate of drug-likeness (QED) is 0.680. The summed E-state index contributed by atoms with van der Waals surface area (Å²) < 4.78 is 1.84. The third-order valence-corrected chi connectivity index (χ3v) is 5.64. The normalized spacial score (nSPS) is 14.7. The van der Waals surface area contributed by atoms with E-state index in [1.165, 1.54) is 24.8 Å². The van der Waals surface area contributed by atoms with Crippen LogP contribution in [0.1, 0.15) is 59.7 Å². The Hall–Kier alpha value is -2.95. The van der Waals surface area contributed by atoms with Gasteiger partial charge in [0.15, 0.2) is 0 Å². The zero-order valence-corrected chi connectivity index (χ0v) is 17.0. The van der Waals surface area contributed by atoms with Crippen molar-refractivity contribution in [1.82, 2.24) is 20.1 Å². The Balaban J connectivity index is 1.59. The van der Waals surface area contributed by atoms with Crippen LogP contribution in [0.2, 0.25) is 0 Å². The molecule has 1 saturated carbocycles. The summed E-state index contributed by atoms with van der Waals surface area (Å²) in [5.41, 5.74) is 3.33. The van der Waals surface area contributed by atoms with Crippen molar-refractivity contribution in [3.8, 4) is 5.69 Å². The number of hydrogen-bond donors (Lipinski definition) is 1. The number of amides is 1. The molecule has 0 aliphatic heterocycles. The Bertz CT molecular complexity index is 958. The van der Waals surface area contributed by atoms with Crippen LogP contribution in [0.4, 0.5) is 0 Å². The van der Waals surface area contributed by atoms with Gasteiger partial charge in [-0.25, -0.2) is 9.67 Å². The lowest BCUT2D eigenvalue weighted by Crippen LogP contribution is -2.36. The fraction of sp³-hybridized carbons (Fsp3) is 0.375. The Morgan fingerprint density at radius 3 is 2.48 bits per heavy atom. The third-order valence-electron chi connectivity index (χ3n) is 5.64. The highest BCUT2D eigenvalue weighted by Crippen LogP contribution is 2.19. The average Bonchev–Trinajstić information content (AvgIpc) is 3.18. The molecule has 1 N–H and O–H groups in total. The van der Waals surface area contributed by atoms with E-state index in [4.69, 9.17) is 0 Å². The van der Waals surface area contributed by atoms with Gasteiger partial charge in [-0.05, 0) is 43.4 Å². The maximum Gasteiger partial charge on any atom is 0.291 e. The maximum absolute atomic E-state index is 12.8. The highest BCUT2D eigenvalue weighted by molar-refractivity contribution is 5.90. The summed E-state index contributed by atoms with van der Waals surface area (Å²) in [7, 11) is 0. The van der Waals surface area contributed by atoms with E-state index in [1.807, 2.05) is 41.1 Å². The number of nitrogens with one attached hydrogen (secondary N) is 1. The molecule has 1 aliphatic rings. The lowest BCUT2D eigenvalue weighted by Gasteiger charge is -2.21. The van der Waals surface area contributed by atoms with Crippen LogP contribution in [-0.4, -0.2) is 26.7 Å². The minimum Gasteiger partial charge on any atom is -0.347 e. The number of benzene rings is 2. The van der Waals surface area contributed by atoms with Crippen LogP contribution in [0.25, 0.3) is 5.69 Å². The monoisotopic (exact) mass is 388 g/mol. The molecule has 0 unspecified atom stereocenters. The van der Waals surface area contributed by atoms with Gasteiger partial charge in [0.05, 0.1) is 5.69 Å². The number of rotatable bonds is 6. The predicted molar refractivity (Wildman–Crippen MR) is 114 cm³/mol. The average molecular weight is 389 g/mol. The molecule has 3 aromatic rings. The van der Waals surface area contributed by atoms with Crippen LogP contribution >= 0.6 is 0 Å². The van der Waals surface area contributed by atoms with Crippen molar-refractivity contribution in [2.45, 2.75) is 57.9 Å². The van der Waals surface area contributed by atoms with Crippen molar-refractivity contribution in [1.29, 1.82) is 0 Å². The second-order valence-electron chi connectivity index (χ2n) is 7.84. The van der Waals surface area contributed by atoms with Gasteiger partial charge in [-0.1, -0.05) is 67.8 Å². The van der Waals surface area contributed by atoms with Crippen molar-refractivity contribution >= 4 is 5.91 Å². The molecule has 0 saturated heterocycles. The molecule has 1 aliphatic carbocycles. The molecule has 1 fully saturated rings. The third kappa shape index (κ3) is 4.73. The largest absolute Gasteiger partial charge is 0.347 e. The van der Waals surface area contributed by atoms with Gasteiger partial charge in [-0.2, -0.15) is 0 Å². The molecule has 0 atom stereocenters. The molecule has 0 radical (unpaired) electrons. The Morgan fingerprint density at radius 2 is 1.72 bits per heavy atom. The fourth-order valence-electron chi connectivity index (χ4n) is 3.99. The zero-order chi connectivity index (χ0) is 20.1. The molecular weight excluding hydrogens is 360 g/mol. The summed E-state index contributed by atoms with van der Waals surface area (Å²) in [5, 5.41) is 7.75. The van der Waals surface area contributed by atoms with Crippen molar-refractivity contribution in [3.05, 3.63) is 77.4 Å². The van der Waals surface area contributed by atoms with Gasteiger partial charge in [-0.3, -0.25) is 4.79 Å². The van der Waals surface area contributed by atoms with Gasteiger partial charge < -0.3 is 5.32 Å². The maximum atomic E-state index is 12.8. The molecule has 0 spiro atoms. The van der Waals surface area contributed by atoms with E-state index in [0.29, 0.717) is 0 Å². The number of nitrogens with zero attached hydrogens (tertiary/aromatic N) is 3. The van der Waals surface area contributed by atoms with Gasteiger partial charge in [0, 0.05) is 12.5 Å². The van der Waals surface area contributed by atoms with E-state index >= 15 is 0 Å². The number of carbonyl (C=O) groups is 1. The van der Waals surface area contributed by atoms with E-state index in [-0.39, 0.29) is 17.8 Å². The van der Waals surface area contributed by atoms with Gasteiger partial charge >= 0.3 is 0 Å². The topological polar surface area (TPSA) is 59.8 Å². The van der Waals surface area contributed by atoms with Gasteiger partial charge in [0.2, 0.25) is 5.82 Å². The number of para-hydroxylation sites is 1. The van der Waals surface area contributed by atoms with Crippen LogP contribution < -0.4 is 5.32 Å². The molecular formula is C24H28N4O. The summed E-state index contributed by atoms with van der Waals surface area (Å²) in [4.78, 5) is 17.5. The number of aromatic nitrogens is 3. The first kappa shape index (κ1) is 19.4. The summed E-state index contributed by atoms with van der Waals surface area (Å²) in [5.74, 6) is 0.920.